The lowest BCUT2D eigenvalue weighted by molar-refractivity contribution is 0.805. The largest absolute Gasteiger partial charge is 0.356 e. The van der Waals surface area contributed by atoms with Crippen molar-refractivity contribution in [3.63, 3.8) is 0 Å². The van der Waals surface area contributed by atoms with Gasteiger partial charge in [-0.15, -0.1) is 11.3 Å². The molecule has 126 valence electrons. The minimum atomic E-state index is 0.472. The number of hydrogen-bond donors (Lipinski definition) is 0. The minimum absolute atomic E-state index is 0.472. The van der Waals surface area contributed by atoms with E-state index in [1.54, 1.807) is 17.7 Å². The first-order valence-corrected chi connectivity index (χ1v) is 9.81. The van der Waals surface area contributed by atoms with Crippen LogP contribution < -0.4 is 4.90 Å². The molecule has 3 aromatic rings. The summed E-state index contributed by atoms with van der Waals surface area (Å²) < 4.78 is 1.19. The maximum Gasteiger partial charge on any atom is 0.150 e. The number of thiophene rings is 1. The number of pyridine rings is 1. The van der Waals surface area contributed by atoms with E-state index in [4.69, 9.17) is 4.98 Å². The SMILES string of the molecule is CCN(CC)c1ncnc2c1sc1nc(C(C)C)c3c(c12)CCC3. The van der Waals surface area contributed by atoms with E-state index < -0.39 is 0 Å². The van der Waals surface area contributed by atoms with Crippen LogP contribution in [0.1, 0.15) is 56.9 Å². The summed E-state index contributed by atoms with van der Waals surface area (Å²) in [4.78, 5) is 17.8. The molecule has 0 fully saturated rings. The van der Waals surface area contributed by atoms with Crippen LogP contribution in [0.2, 0.25) is 0 Å². The lowest BCUT2D eigenvalue weighted by Gasteiger charge is -2.19. The highest BCUT2D eigenvalue weighted by atomic mass is 32.1. The number of aromatic nitrogens is 3. The molecule has 0 atom stereocenters. The zero-order valence-electron chi connectivity index (χ0n) is 14.9. The van der Waals surface area contributed by atoms with Gasteiger partial charge in [0.15, 0.2) is 0 Å². The van der Waals surface area contributed by atoms with Crippen LogP contribution in [0.15, 0.2) is 6.33 Å². The van der Waals surface area contributed by atoms with Crippen molar-refractivity contribution in [3.05, 3.63) is 23.1 Å². The van der Waals surface area contributed by atoms with Gasteiger partial charge in [-0.05, 0) is 50.2 Å². The van der Waals surface area contributed by atoms with Crippen LogP contribution in [0.5, 0.6) is 0 Å². The molecule has 0 spiro atoms. The number of nitrogens with zero attached hydrogens (tertiary/aromatic N) is 4. The fourth-order valence-electron chi connectivity index (χ4n) is 3.94. The topological polar surface area (TPSA) is 41.9 Å². The summed E-state index contributed by atoms with van der Waals surface area (Å²) in [5, 5.41) is 1.29. The van der Waals surface area contributed by atoms with E-state index in [9.17, 15) is 0 Å². The fourth-order valence-corrected chi connectivity index (χ4v) is 5.13. The monoisotopic (exact) mass is 340 g/mol. The van der Waals surface area contributed by atoms with E-state index in [2.05, 4.69) is 42.6 Å². The second-order valence-electron chi connectivity index (χ2n) is 6.79. The average molecular weight is 340 g/mol. The molecule has 0 amide bonds. The molecule has 3 heterocycles. The number of anilines is 1. The molecule has 0 aromatic carbocycles. The smallest absolute Gasteiger partial charge is 0.150 e. The predicted molar refractivity (Wildman–Crippen MR) is 102 cm³/mol. The van der Waals surface area contributed by atoms with Crippen molar-refractivity contribution < 1.29 is 0 Å². The third kappa shape index (κ3) is 2.21. The molecule has 1 aliphatic rings. The Hall–Kier alpha value is -1.75. The highest BCUT2D eigenvalue weighted by molar-refractivity contribution is 7.26. The molecule has 3 aromatic heterocycles. The molecule has 0 radical (unpaired) electrons. The van der Waals surface area contributed by atoms with Gasteiger partial charge >= 0.3 is 0 Å². The normalized spacial score (nSPS) is 14.0. The predicted octanol–water partition coefficient (Wildman–Crippen LogP) is 4.70. The standard InChI is InChI=1S/C19H24N4S/c1-5-23(6-2)18-17-16(20-10-21-18)14-12-8-7-9-13(12)15(11(3)4)22-19(14)24-17/h10-11H,5-9H2,1-4H3. The number of aryl methyl sites for hydroxylation is 1. The van der Waals surface area contributed by atoms with Crippen molar-refractivity contribution in [1.82, 2.24) is 15.0 Å². The Morgan fingerprint density at radius 2 is 1.88 bits per heavy atom. The van der Waals surface area contributed by atoms with E-state index in [0.717, 1.165) is 42.1 Å². The first kappa shape index (κ1) is 15.8. The van der Waals surface area contributed by atoms with Gasteiger partial charge in [-0.2, -0.15) is 0 Å². The Labute approximate surface area is 146 Å². The molecular weight excluding hydrogens is 316 g/mol. The van der Waals surface area contributed by atoms with E-state index in [1.807, 2.05) is 0 Å². The second-order valence-corrected chi connectivity index (χ2v) is 7.79. The van der Waals surface area contributed by atoms with Crippen LogP contribution in [0.4, 0.5) is 5.82 Å². The molecule has 4 nitrogen and oxygen atoms in total. The quantitative estimate of drug-likeness (QED) is 0.690. The van der Waals surface area contributed by atoms with Crippen molar-refractivity contribution in [2.24, 2.45) is 0 Å². The Balaban J connectivity index is 2.07. The molecule has 4 rings (SSSR count). The first-order valence-electron chi connectivity index (χ1n) is 8.99. The Morgan fingerprint density at radius 3 is 2.58 bits per heavy atom. The molecule has 0 bridgehead atoms. The minimum Gasteiger partial charge on any atom is -0.356 e. The van der Waals surface area contributed by atoms with E-state index in [1.165, 1.54) is 33.3 Å². The zero-order valence-corrected chi connectivity index (χ0v) is 15.7. The molecule has 0 aliphatic heterocycles. The van der Waals surface area contributed by atoms with Gasteiger partial charge in [-0.1, -0.05) is 13.8 Å². The van der Waals surface area contributed by atoms with Crippen molar-refractivity contribution in [2.75, 3.05) is 18.0 Å². The summed E-state index contributed by atoms with van der Waals surface area (Å²) in [7, 11) is 0. The van der Waals surface area contributed by atoms with Gasteiger partial charge in [-0.25, -0.2) is 15.0 Å². The summed E-state index contributed by atoms with van der Waals surface area (Å²) in [6.45, 7) is 10.8. The van der Waals surface area contributed by atoms with Crippen LogP contribution >= 0.6 is 11.3 Å². The molecule has 1 aliphatic carbocycles. The maximum atomic E-state index is 5.07. The van der Waals surface area contributed by atoms with E-state index in [-0.39, 0.29) is 0 Å². The van der Waals surface area contributed by atoms with Crippen LogP contribution in [-0.4, -0.2) is 28.0 Å². The fraction of sp³-hybridized carbons (Fsp3) is 0.526. The summed E-state index contributed by atoms with van der Waals surface area (Å²) in [5.41, 5.74) is 5.38. The number of hydrogen-bond acceptors (Lipinski definition) is 5. The summed E-state index contributed by atoms with van der Waals surface area (Å²) in [6, 6.07) is 0. The van der Waals surface area contributed by atoms with Gasteiger partial charge in [0.05, 0.1) is 10.2 Å². The molecule has 0 unspecified atom stereocenters. The third-order valence-corrected chi connectivity index (χ3v) is 6.16. The lowest BCUT2D eigenvalue weighted by atomic mass is 9.99. The number of rotatable bonds is 4. The van der Waals surface area contributed by atoms with Gasteiger partial charge in [0, 0.05) is 24.2 Å². The van der Waals surface area contributed by atoms with Crippen molar-refractivity contribution in [1.29, 1.82) is 0 Å². The van der Waals surface area contributed by atoms with Gasteiger partial charge in [0.1, 0.15) is 17.0 Å². The van der Waals surface area contributed by atoms with Gasteiger partial charge in [-0.3, -0.25) is 0 Å². The summed E-state index contributed by atoms with van der Waals surface area (Å²) >= 11 is 1.77. The molecule has 0 saturated heterocycles. The Morgan fingerprint density at radius 1 is 1.12 bits per heavy atom. The molecule has 5 heteroatoms. The van der Waals surface area contributed by atoms with Gasteiger partial charge < -0.3 is 4.90 Å². The van der Waals surface area contributed by atoms with Gasteiger partial charge in [0.25, 0.3) is 0 Å². The van der Waals surface area contributed by atoms with Crippen molar-refractivity contribution >= 4 is 37.6 Å². The van der Waals surface area contributed by atoms with Crippen molar-refractivity contribution in [3.8, 4) is 0 Å². The highest BCUT2D eigenvalue weighted by Crippen LogP contribution is 2.42. The third-order valence-electron chi connectivity index (χ3n) is 5.10. The number of fused-ring (bicyclic) bond motifs is 5. The van der Waals surface area contributed by atoms with E-state index in [0.29, 0.717) is 5.92 Å². The maximum absolute atomic E-state index is 5.07. The summed E-state index contributed by atoms with van der Waals surface area (Å²) in [6.07, 6.45) is 5.28. The van der Waals surface area contributed by atoms with Crippen molar-refractivity contribution in [2.45, 2.75) is 52.9 Å². The Kier molecular flexibility index (Phi) is 3.91. The average Bonchev–Trinajstić information content (AvgIpc) is 3.19. The van der Waals surface area contributed by atoms with Gasteiger partial charge in [0.2, 0.25) is 0 Å². The van der Waals surface area contributed by atoms with Crippen LogP contribution in [0, 0.1) is 0 Å². The molecular formula is C19H24N4S. The highest BCUT2D eigenvalue weighted by Gasteiger charge is 2.25. The van der Waals surface area contributed by atoms with Crippen LogP contribution in [0.25, 0.3) is 20.4 Å². The zero-order chi connectivity index (χ0) is 16.8. The Bertz CT molecular complexity index is 909. The summed E-state index contributed by atoms with van der Waals surface area (Å²) in [5.74, 6) is 1.53. The molecule has 24 heavy (non-hydrogen) atoms. The molecule has 0 N–H and O–H groups in total. The molecule has 0 saturated carbocycles. The van der Waals surface area contributed by atoms with E-state index >= 15 is 0 Å². The van der Waals surface area contributed by atoms with Crippen LogP contribution in [0.3, 0.4) is 0 Å². The first-order chi connectivity index (χ1) is 11.7. The van der Waals surface area contributed by atoms with Crippen LogP contribution in [-0.2, 0) is 12.8 Å². The lowest BCUT2D eigenvalue weighted by Crippen LogP contribution is -2.23. The second kappa shape index (κ2) is 5.96.